The number of carbonyl (C=O) groups is 1. The molecule has 3 heterocycles. The number of pyridine rings is 1. The molecule has 0 saturated carbocycles. The van der Waals surface area contributed by atoms with E-state index in [1.54, 1.807) is 0 Å². The minimum Gasteiger partial charge on any atom is -0.352 e. The van der Waals surface area contributed by atoms with Gasteiger partial charge in [0.2, 0.25) is 5.91 Å². The highest BCUT2D eigenvalue weighted by Crippen LogP contribution is 2.26. The maximum Gasteiger partial charge on any atom is 0.221 e. The minimum absolute atomic E-state index is 0.0379. The first-order valence-electron chi connectivity index (χ1n) is 8.69. The molecule has 26 heavy (non-hydrogen) atoms. The van der Waals surface area contributed by atoms with Gasteiger partial charge in [-0.15, -0.1) is 0 Å². The molecule has 1 N–H and O–H groups in total. The predicted octanol–water partition coefficient (Wildman–Crippen LogP) is 2.60. The number of carbonyl (C=O) groups excluding carboxylic acids is 1. The van der Waals surface area contributed by atoms with E-state index in [-0.39, 0.29) is 5.91 Å². The van der Waals surface area contributed by atoms with Gasteiger partial charge in [-0.3, -0.25) is 9.20 Å². The van der Waals surface area contributed by atoms with Crippen molar-refractivity contribution in [2.75, 3.05) is 20.6 Å². The van der Waals surface area contributed by atoms with Crippen LogP contribution in [0, 0.1) is 0 Å². The first-order valence-corrected chi connectivity index (χ1v) is 8.69. The van der Waals surface area contributed by atoms with Crippen molar-refractivity contribution >= 4 is 33.6 Å². The molecule has 0 aliphatic heterocycles. The van der Waals surface area contributed by atoms with Crippen molar-refractivity contribution in [2.45, 2.75) is 13.0 Å². The molecule has 0 atom stereocenters. The largest absolute Gasteiger partial charge is 0.352 e. The zero-order valence-corrected chi connectivity index (χ0v) is 14.9. The summed E-state index contributed by atoms with van der Waals surface area (Å²) >= 11 is 0. The molecule has 132 valence electrons. The number of nitrogens with zero attached hydrogens (tertiary/aromatic N) is 4. The van der Waals surface area contributed by atoms with Crippen molar-refractivity contribution in [3.63, 3.8) is 0 Å². The lowest BCUT2D eigenvalue weighted by Crippen LogP contribution is -2.26. The molecular weight excluding hydrogens is 326 g/mol. The van der Waals surface area contributed by atoms with Gasteiger partial charge in [-0.2, -0.15) is 0 Å². The number of nitrogens with one attached hydrogen (secondary N) is 1. The minimum atomic E-state index is 0.0379. The van der Waals surface area contributed by atoms with Crippen LogP contribution in [0.1, 0.15) is 12.0 Å². The third kappa shape index (κ3) is 2.99. The van der Waals surface area contributed by atoms with E-state index in [0.717, 1.165) is 39.8 Å². The number of benzene rings is 1. The summed E-state index contributed by atoms with van der Waals surface area (Å²) in [4.78, 5) is 23.8. The number of hydrogen-bond acceptors (Lipinski definition) is 4. The van der Waals surface area contributed by atoms with Crippen LogP contribution in [0.15, 0.2) is 48.7 Å². The fourth-order valence-corrected chi connectivity index (χ4v) is 3.13. The smallest absolute Gasteiger partial charge is 0.221 e. The van der Waals surface area contributed by atoms with E-state index < -0.39 is 0 Å². The van der Waals surface area contributed by atoms with Gasteiger partial charge in [-0.05, 0) is 38.4 Å². The Bertz CT molecular complexity index is 1100. The van der Waals surface area contributed by atoms with Crippen molar-refractivity contribution in [1.82, 2.24) is 24.6 Å². The molecule has 1 amide bonds. The Kier molecular flexibility index (Phi) is 4.26. The standard InChI is InChI=1S/C20H21N5O/c1-24(2)12-10-18(26)21-13-14-17-9-5-6-11-25(17)20-19(14)22-15-7-3-4-8-16(15)23-20/h3-9,11H,10,12-13H2,1-2H3,(H,21,26). The molecule has 4 rings (SSSR count). The van der Waals surface area contributed by atoms with Crippen LogP contribution >= 0.6 is 0 Å². The Balaban J connectivity index is 1.76. The molecule has 6 nitrogen and oxygen atoms in total. The number of rotatable bonds is 5. The summed E-state index contributed by atoms with van der Waals surface area (Å²) < 4.78 is 2.04. The second-order valence-electron chi connectivity index (χ2n) is 6.65. The summed E-state index contributed by atoms with van der Waals surface area (Å²) in [5.74, 6) is 0.0379. The first kappa shape index (κ1) is 16.5. The summed E-state index contributed by atoms with van der Waals surface area (Å²) in [5.41, 5.74) is 5.39. The third-order valence-electron chi connectivity index (χ3n) is 4.48. The zero-order valence-electron chi connectivity index (χ0n) is 14.9. The normalized spacial score (nSPS) is 11.7. The second-order valence-corrected chi connectivity index (χ2v) is 6.65. The molecule has 0 saturated heterocycles. The molecule has 6 heteroatoms. The number of fused-ring (bicyclic) bond motifs is 4. The molecule has 0 radical (unpaired) electrons. The Morgan fingerprint density at radius 3 is 2.58 bits per heavy atom. The number of para-hydroxylation sites is 2. The summed E-state index contributed by atoms with van der Waals surface area (Å²) in [5, 5.41) is 3.03. The van der Waals surface area contributed by atoms with Crippen LogP contribution in [-0.4, -0.2) is 45.8 Å². The van der Waals surface area contributed by atoms with Gasteiger partial charge in [0.15, 0.2) is 5.65 Å². The van der Waals surface area contributed by atoms with Crippen molar-refractivity contribution < 1.29 is 4.79 Å². The lowest BCUT2D eigenvalue weighted by molar-refractivity contribution is -0.121. The van der Waals surface area contributed by atoms with E-state index in [1.807, 2.05) is 72.1 Å². The van der Waals surface area contributed by atoms with Gasteiger partial charge in [0.1, 0.15) is 5.52 Å². The van der Waals surface area contributed by atoms with Gasteiger partial charge in [0.05, 0.1) is 16.6 Å². The van der Waals surface area contributed by atoms with Crippen LogP contribution in [0.2, 0.25) is 0 Å². The quantitative estimate of drug-likeness (QED) is 0.603. The van der Waals surface area contributed by atoms with E-state index in [4.69, 9.17) is 9.97 Å². The van der Waals surface area contributed by atoms with E-state index in [1.165, 1.54) is 0 Å². The Labute approximate surface area is 151 Å². The van der Waals surface area contributed by atoms with Crippen molar-refractivity contribution in [3.8, 4) is 0 Å². The highest BCUT2D eigenvalue weighted by molar-refractivity contribution is 5.92. The molecule has 0 unspecified atom stereocenters. The van der Waals surface area contributed by atoms with Crippen molar-refractivity contribution in [2.24, 2.45) is 0 Å². The van der Waals surface area contributed by atoms with E-state index in [0.29, 0.717) is 13.0 Å². The fraction of sp³-hybridized carbons (Fsp3) is 0.250. The lowest BCUT2D eigenvalue weighted by Gasteiger charge is -2.09. The van der Waals surface area contributed by atoms with Gasteiger partial charge >= 0.3 is 0 Å². The molecule has 0 spiro atoms. The van der Waals surface area contributed by atoms with Crippen LogP contribution < -0.4 is 5.32 Å². The maximum absolute atomic E-state index is 12.1. The van der Waals surface area contributed by atoms with Crippen LogP contribution in [0.25, 0.3) is 27.7 Å². The molecule has 0 aliphatic rings. The molecule has 1 aromatic carbocycles. The molecule has 0 fully saturated rings. The van der Waals surface area contributed by atoms with Gasteiger partial charge < -0.3 is 10.2 Å². The highest BCUT2D eigenvalue weighted by Gasteiger charge is 2.15. The van der Waals surface area contributed by atoms with Crippen LogP contribution in [-0.2, 0) is 11.3 Å². The highest BCUT2D eigenvalue weighted by atomic mass is 16.1. The lowest BCUT2D eigenvalue weighted by atomic mass is 10.2. The number of hydrogen-bond donors (Lipinski definition) is 1. The summed E-state index contributed by atoms with van der Waals surface area (Å²) in [6, 6.07) is 13.9. The third-order valence-corrected chi connectivity index (χ3v) is 4.48. The van der Waals surface area contributed by atoms with E-state index in [2.05, 4.69) is 5.32 Å². The van der Waals surface area contributed by atoms with E-state index >= 15 is 0 Å². The zero-order chi connectivity index (χ0) is 18.1. The van der Waals surface area contributed by atoms with Crippen LogP contribution in [0.3, 0.4) is 0 Å². The summed E-state index contributed by atoms with van der Waals surface area (Å²) in [6.45, 7) is 1.17. The second kappa shape index (κ2) is 6.72. The predicted molar refractivity (Wildman–Crippen MR) is 103 cm³/mol. The average molecular weight is 347 g/mol. The Morgan fingerprint density at radius 1 is 1.08 bits per heavy atom. The maximum atomic E-state index is 12.1. The molecule has 4 aromatic rings. The summed E-state index contributed by atoms with van der Waals surface area (Å²) in [6.07, 6.45) is 2.46. The SMILES string of the molecule is CN(C)CCC(=O)NCc1c2nc3ccccc3nc2n2ccccc12. The monoisotopic (exact) mass is 347 g/mol. The molecule has 0 bridgehead atoms. The Hall–Kier alpha value is -2.99. The topological polar surface area (TPSA) is 62.5 Å². The van der Waals surface area contributed by atoms with Gasteiger partial charge in [-0.25, -0.2) is 9.97 Å². The molecule has 3 aromatic heterocycles. The van der Waals surface area contributed by atoms with Crippen LogP contribution in [0.5, 0.6) is 0 Å². The van der Waals surface area contributed by atoms with Gasteiger partial charge in [0.25, 0.3) is 0 Å². The summed E-state index contributed by atoms with van der Waals surface area (Å²) in [7, 11) is 3.92. The Morgan fingerprint density at radius 2 is 1.81 bits per heavy atom. The number of aromatic nitrogens is 3. The van der Waals surface area contributed by atoms with E-state index in [9.17, 15) is 4.79 Å². The number of amides is 1. The molecule has 0 aliphatic carbocycles. The molecular formula is C20H21N5O. The van der Waals surface area contributed by atoms with Crippen molar-refractivity contribution in [3.05, 3.63) is 54.2 Å². The van der Waals surface area contributed by atoms with Gasteiger partial charge in [-0.1, -0.05) is 18.2 Å². The fourth-order valence-electron chi connectivity index (χ4n) is 3.13. The van der Waals surface area contributed by atoms with Crippen LogP contribution in [0.4, 0.5) is 0 Å². The van der Waals surface area contributed by atoms with Gasteiger partial charge in [0, 0.05) is 31.3 Å². The van der Waals surface area contributed by atoms with Crippen molar-refractivity contribution in [1.29, 1.82) is 0 Å². The first-order chi connectivity index (χ1) is 12.6. The average Bonchev–Trinajstić information content (AvgIpc) is 2.96.